The van der Waals surface area contributed by atoms with Gasteiger partial charge in [0.1, 0.15) is 23.9 Å². The van der Waals surface area contributed by atoms with Crippen molar-refractivity contribution >= 4 is 17.8 Å². The number of hydrazone groups is 1. The van der Waals surface area contributed by atoms with E-state index in [1.54, 1.807) is 7.11 Å². The third-order valence-electron chi connectivity index (χ3n) is 5.85. The van der Waals surface area contributed by atoms with Crippen LogP contribution in [0.25, 0.3) is 0 Å². The summed E-state index contributed by atoms with van der Waals surface area (Å²) in [6.07, 6.45) is 3.44. The predicted octanol–water partition coefficient (Wildman–Crippen LogP) is 3.98. The van der Waals surface area contributed by atoms with Crippen molar-refractivity contribution in [2.24, 2.45) is 16.9 Å². The molecule has 2 aromatic rings. The van der Waals surface area contributed by atoms with Crippen LogP contribution in [-0.4, -0.2) is 39.0 Å². The number of anilines is 1. The first-order chi connectivity index (χ1) is 15.5. The molecule has 1 amide bonds. The maximum atomic E-state index is 13.1. The Balaban J connectivity index is 1.49. The monoisotopic (exact) mass is 437 g/mol. The molecule has 2 aromatic carbocycles. The molecule has 2 aliphatic heterocycles. The first-order valence-electron chi connectivity index (χ1n) is 11.2. The van der Waals surface area contributed by atoms with Crippen molar-refractivity contribution in [1.82, 2.24) is 5.43 Å². The van der Waals surface area contributed by atoms with Gasteiger partial charge in [0.2, 0.25) is 5.91 Å². The third-order valence-corrected chi connectivity index (χ3v) is 5.85. The molecule has 0 aliphatic carbocycles. The molecule has 2 aliphatic rings. The summed E-state index contributed by atoms with van der Waals surface area (Å²) in [5.41, 5.74) is 5.76. The van der Waals surface area contributed by atoms with Gasteiger partial charge in [-0.2, -0.15) is 5.10 Å². The van der Waals surface area contributed by atoms with Crippen LogP contribution < -0.4 is 25.0 Å². The summed E-state index contributed by atoms with van der Waals surface area (Å²) in [6, 6.07) is 11.6. The van der Waals surface area contributed by atoms with E-state index in [0.717, 1.165) is 35.6 Å². The van der Waals surface area contributed by atoms with Crippen LogP contribution in [0.1, 0.15) is 37.3 Å². The minimum absolute atomic E-state index is 0.0796. The number of benzene rings is 2. The average molecular weight is 438 g/mol. The standard InChI is InChI=1S/C25H31N3O4/c1-16(2)8-9-31-24-12-17(20-13-26-27-14-20)4-6-22(24)28-25(29)19-10-18-11-21(30-3)5-7-23(18)32-15-19/h4-7,11-13,16,19-20,27H,8-10,14-15H2,1-3H3,(H,28,29). The Bertz CT molecular complexity index is 989. The molecule has 0 spiro atoms. The third kappa shape index (κ3) is 5.15. The fourth-order valence-corrected chi connectivity index (χ4v) is 3.85. The number of amides is 1. The highest BCUT2D eigenvalue weighted by Gasteiger charge is 2.27. The lowest BCUT2D eigenvalue weighted by Gasteiger charge is -2.25. The minimum atomic E-state index is -0.288. The summed E-state index contributed by atoms with van der Waals surface area (Å²) in [4.78, 5) is 13.1. The van der Waals surface area contributed by atoms with Crippen molar-refractivity contribution < 1.29 is 19.0 Å². The highest BCUT2D eigenvalue weighted by atomic mass is 16.5. The maximum Gasteiger partial charge on any atom is 0.231 e. The lowest BCUT2D eigenvalue weighted by Crippen LogP contribution is -2.32. The van der Waals surface area contributed by atoms with Crippen LogP contribution in [0, 0.1) is 11.8 Å². The van der Waals surface area contributed by atoms with Gasteiger partial charge in [-0.25, -0.2) is 0 Å². The number of methoxy groups -OCH3 is 1. The number of ether oxygens (including phenoxy) is 3. The van der Waals surface area contributed by atoms with Crippen molar-refractivity contribution in [3.63, 3.8) is 0 Å². The van der Waals surface area contributed by atoms with E-state index in [0.29, 0.717) is 37.0 Å². The van der Waals surface area contributed by atoms with Gasteiger partial charge in [0.05, 0.1) is 25.3 Å². The van der Waals surface area contributed by atoms with Crippen molar-refractivity contribution in [1.29, 1.82) is 0 Å². The Morgan fingerprint density at radius 2 is 2.16 bits per heavy atom. The van der Waals surface area contributed by atoms with Crippen LogP contribution in [0.2, 0.25) is 0 Å². The minimum Gasteiger partial charge on any atom is -0.497 e. The summed E-state index contributed by atoms with van der Waals surface area (Å²) < 4.78 is 17.2. The molecular weight excluding hydrogens is 406 g/mol. The summed E-state index contributed by atoms with van der Waals surface area (Å²) in [7, 11) is 1.63. The molecule has 0 bridgehead atoms. The number of hydrogen-bond donors (Lipinski definition) is 2. The predicted molar refractivity (Wildman–Crippen MR) is 125 cm³/mol. The maximum absolute atomic E-state index is 13.1. The molecule has 0 aromatic heterocycles. The number of fused-ring (bicyclic) bond motifs is 1. The molecule has 0 saturated carbocycles. The first kappa shape index (κ1) is 22.0. The zero-order chi connectivity index (χ0) is 22.5. The van der Waals surface area contributed by atoms with E-state index in [2.05, 4.69) is 29.7 Å². The molecule has 0 fully saturated rings. The number of nitrogens with one attached hydrogen (secondary N) is 2. The fraction of sp³-hybridized carbons (Fsp3) is 0.440. The van der Waals surface area contributed by atoms with E-state index in [4.69, 9.17) is 14.2 Å². The van der Waals surface area contributed by atoms with Gasteiger partial charge in [-0.1, -0.05) is 19.9 Å². The van der Waals surface area contributed by atoms with E-state index in [1.807, 2.05) is 42.6 Å². The van der Waals surface area contributed by atoms with Crippen LogP contribution in [0.15, 0.2) is 41.5 Å². The quantitative estimate of drug-likeness (QED) is 0.653. The van der Waals surface area contributed by atoms with E-state index in [9.17, 15) is 4.79 Å². The molecule has 170 valence electrons. The summed E-state index contributed by atoms with van der Waals surface area (Å²) in [6.45, 7) is 6.04. The van der Waals surface area contributed by atoms with Crippen LogP contribution >= 0.6 is 0 Å². The SMILES string of the molecule is COc1ccc2c(c1)CC(C(=O)Nc1ccc(C3C=NNC3)cc1OCCC(C)C)CO2. The normalized spacial score (nSPS) is 19.1. The van der Waals surface area contributed by atoms with Gasteiger partial charge < -0.3 is 25.0 Å². The molecule has 2 atom stereocenters. The van der Waals surface area contributed by atoms with Crippen LogP contribution in [0.4, 0.5) is 5.69 Å². The van der Waals surface area contributed by atoms with Gasteiger partial charge in [-0.05, 0) is 60.2 Å². The zero-order valence-electron chi connectivity index (χ0n) is 18.9. The number of hydrogen-bond acceptors (Lipinski definition) is 6. The van der Waals surface area contributed by atoms with Crippen LogP contribution in [-0.2, 0) is 11.2 Å². The average Bonchev–Trinajstić information content (AvgIpc) is 3.34. The lowest BCUT2D eigenvalue weighted by molar-refractivity contribution is -0.121. The van der Waals surface area contributed by atoms with Gasteiger partial charge in [-0.3, -0.25) is 4.79 Å². The van der Waals surface area contributed by atoms with Gasteiger partial charge >= 0.3 is 0 Å². The smallest absolute Gasteiger partial charge is 0.231 e. The molecule has 2 N–H and O–H groups in total. The molecule has 4 rings (SSSR count). The molecule has 7 heteroatoms. The van der Waals surface area contributed by atoms with Crippen molar-refractivity contribution in [2.45, 2.75) is 32.6 Å². The lowest BCUT2D eigenvalue weighted by atomic mass is 9.95. The Morgan fingerprint density at radius 1 is 1.28 bits per heavy atom. The van der Waals surface area contributed by atoms with Crippen molar-refractivity contribution in [3.8, 4) is 17.2 Å². The Labute approximate surface area is 189 Å². The molecule has 2 heterocycles. The van der Waals surface area contributed by atoms with E-state index >= 15 is 0 Å². The number of carbonyl (C=O) groups excluding carboxylic acids is 1. The molecule has 32 heavy (non-hydrogen) atoms. The second-order valence-corrected chi connectivity index (χ2v) is 8.71. The molecule has 0 saturated heterocycles. The number of rotatable bonds is 8. The first-order valence-corrected chi connectivity index (χ1v) is 11.2. The second kappa shape index (κ2) is 9.94. The van der Waals surface area contributed by atoms with Gasteiger partial charge in [0.15, 0.2) is 0 Å². The summed E-state index contributed by atoms with van der Waals surface area (Å²) in [5.74, 6) is 2.63. The van der Waals surface area contributed by atoms with Gasteiger partial charge in [0.25, 0.3) is 0 Å². The topological polar surface area (TPSA) is 81.2 Å². The number of carbonyl (C=O) groups is 1. The van der Waals surface area contributed by atoms with Crippen molar-refractivity contribution in [2.75, 3.05) is 32.2 Å². The van der Waals surface area contributed by atoms with Gasteiger partial charge in [-0.15, -0.1) is 0 Å². The van der Waals surface area contributed by atoms with E-state index in [1.165, 1.54) is 0 Å². The largest absolute Gasteiger partial charge is 0.497 e. The molecule has 7 nitrogen and oxygen atoms in total. The fourth-order valence-electron chi connectivity index (χ4n) is 3.85. The van der Waals surface area contributed by atoms with Gasteiger partial charge in [0, 0.05) is 18.7 Å². The highest BCUT2D eigenvalue weighted by molar-refractivity contribution is 5.94. The summed E-state index contributed by atoms with van der Waals surface area (Å²) in [5, 5.41) is 7.18. The van der Waals surface area contributed by atoms with Crippen LogP contribution in [0.3, 0.4) is 0 Å². The Kier molecular flexibility index (Phi) is 6.83. The van der Waals surface area contributed by atoms with Crippen LogP contribution in [0.5, 0.6) is 17.2 Å². The Hall–Kier alpha value is -3.22. The second-order valence-electron chi connectivity index (χ2n) is 8.71. The van der Waals surface area contributed by atoms with E-state index < -0.39 is 0 Å². The molecule has 2 unspecified atom stereocenters. The molecule has 0 radical (unpaired) electrons. The molecular formula is C25H31N3O4. The highest BCUT2D eigenvalue weighted by Crippen LogP contribution is 2.33. The Morgan fingerprint density at radius 3 is 2.91 bits per heavy atom. The summed E-state index contributed by atoms with van der Waals surface area (Å²) >= 11 is 0. The van der Waals surface area contributed by atoms with Crippen molar-refractivity contribution in [3.05, 3.63) is 47.5 Å². The van der Waals surface area contributed by atoms with E-state index in [-0.39, 0.29) is 17.7 Å². The zero-order valence-corrected chi connectivity index (χ0v) is 18.9. The number of nitrogens with zero attached hydrogens (tertiary/aromatic N) is 1.